The summed E-state index contributed by atoms with van der Waals surface area (Å²) >= 11 is 0. The molecule has 2 aromatic carbocycles. The molecule has 2 aliphatic heterocycles. The van der Waals surface area contributed by atoms with E-state index in [1.165, 1.54) is 6.07 Å². The SMILES string of the molecule is CCOC[C@@]12CCN(c3ccc(C#N)c(C(F)(F)F)c3)C[C@@H]1CN(C(=O)Cc1ccccc1)C2. The predicted molar refractivity (Wildman–Crippen MR) is 122 cm³/mol. The van der Waals surface area contributed by atoms with E-state index in [2.05, 4.69) is 0 Å². The fraction of sp³-hybridized carbons (Fsp3) is 0.462. The quantitative estimate of drug-likeness (QED) is 0.622. The molecule has 2 fully saturated rings. The minimum Gasteiger partial charge on any atom is -0.381 e. The largest absolute Gasteiger partial charge is 0.417 e. The monoisotopic (exact) mass is 471 g/mol. The summed E-state index contributed by atoms with van der Waals surface area (Å²) in [7, 11) is 0. The number of likely N-dealkylation sites (tertiary alicyclic amines) is 1. The normalized spacial score (nSPS) is 22.4. The molecule has 1 amide bonds. The number of piperidine rings is 1. The fourth-order valence-corrected chi connectivity index (χ4v) is 5.19. The molecule has 2 heterocycles. The maximum Gasteiger partial charge on any atom is 0.417 e. The number of amides is 1. The fourth-order valence-electron chi connectivity index (χ4n) is 5.19. The highest BCUT2D eigenvalue weighted by Gasteiger charge is 2.50. The Balaban J connectivity index is 1.54. The number of carbonyl (C=O) groups excluding carboxylic acids is 1. The van der Waals surface area contributed by atoms with Gasteiger partial charge in [0.15, 0.2) is 0 Å². The van der Waals surface area contributed by atoms with Gasteiger partial charge >= 0.3 is 6.18 Å². The molecule has 0 unspecified atom stereocenters. The van der Waals surface area contributed by atoms with Crippen molar-refractivity contribution in [2.24, 2.45) is 11.3 Å². The van der Waals surface area contributed by atoms with Crippen LogP contribution in [0.2, 0.25) is 0 Å². The number of hydrogen-bond acceptors (Lipinski definition) is 4. The Morgan fingerprint density at radius 1 is 1.21 bits per heavy atom. The van der Waals surface area contributed by atoms with E-state index in [-0.39, 0.29) is 22.8 Å². The molecular formula is C26H28F3N3O2. The molecule has 0 saturated carbocycles. The predicted octanol–water partition coefficient (Wildman–Crippen LogP) is 4.51. The molecule has 34 heavy (non-hydrogen) atoms. The third kappa shape index (κ3) is 4.90. The second-order valence-electron chi connectivity index (χ2n) is 9.17. The van der Waals surface area contributed by atoms with Crippen LogP contribution in [0.3, 0.4) is 0 Å². The molecule has 2 aliphatic rings. The van der Waals surface area contributed by atoms with Gasteiger partial charge in [-0.1, -0.05) is 30.3 Å². The van der Waals surface area contributed by atoms with Crippen LogP contribution in [-0.2, 0) is 22.1 Å². The Hall–Kier alpha value is -3.05. The number of ether oxygens (including phenoxy) is 1. The number of fused-ring (bicyclic) bond motifs is 1. The molecule has 5 nitrogen and oxygen atoms in total. The van der Waals surface area contributed by atoms with E-state index in [1.54, 1.807) is 12.1 Å². The number of nitriles is 1. The van der Waals surface area contributed by atoms with Crippen LogP contribution < -0.4 is 4.90 Å². The molecule has 0 bridgehead atoms. The average molecular weight is 472 g/mol. The topological polar surface area (TPSA) is 56.6 Å². The van der Waals surface area contributed by atoms with Crippen molar-refractivity contribution in [2.75, 3.05) is 44.3 Å². The summed E-state index contributed by atoms with van der Waals surface area (Å²) < 4.78 is 46.3. The van der Waals surface area contributed by atoms with Crippen molar-refractivity contribution >= 4 is 11.6 Å². The Bertz CT molecular complexity index is 1070. The zero-order chi connectivity index (χ0) is 24.3. The molecule has 8 heteroatoms. The summed E-state index contributed by atoms with van der Waals surface area (Å²) in [6.45, 7) is 5.28. The summed E-state index contributed by atoms with van der Waals surface area (Å²) in [6, 6.07) is 15.1. The maximum absolute atomic E-state index is 13.5. The average Bonchev–Trinajstić information content (AvgIpc) is 3.21. The third-order valence-corrected chi connectivity index (χ3v) is 7.07. The van der Waals surface area contributed by atoms with Crippen LogP contribution in [0.5, 0.6) is 0 Å². The number of hydrogen-bond donors (Lipinski definition) is 0. The van der Waals surface area contributed by atoms with Gasteiger partial charge in [0.25, 0.3) is 0 Å². The van der Waals surface area contributed by atoms with E-state index >= 15 is 0 Å². The van der Waals surface area contributed by atoms with Crippen molar-refractivity contribution in [3.05, 3.63) is 65.2 Å². The lowest BCUT2D eigenvalue weighted by Crippen LogP contribution is -2.49. The summed E-state index contributed by atoms with van der Waals surface area (Å²) in [5.74, 6) is 0.137. The third-order valence-electron chi connectivity index (χ3n) is 7.07. The summed E-state index contributed by atoms with van der Waals surface area (Å²) in [5, 5.41) is 9.09. The minimum atomic E-state index is -4.59. The van der Waals surface area contributed by atoms with Crippen LogP contribution in [-0.4, -0.2) is 50.2 Å². The van der Waals surface area contributed by atoms with E-state index in [0.717, 1.165) is 11.6 Å². The molecule has 0 aliphatic carbocycles. The second-order valence-corrected chi connectivity index (χ2v) is 9.17. The molecule has 4 rings (SSSR count). The van der Waals surface area contributed by atoms with Gasteiger partial charge in [-0.15, -0.1) is 0 Å². The maximum atomic E-state index is 13.5. The van der Waals surface area contributed by atoms with Crippen LogP contribution >= 0.6 is 0 Å². The van der Waals surface area contributed by atoms with Gasteiger partial charge in [0.05, 0.1) is 30.2 Å². The van der Waals surface area contributed by atoms with Gasteiger partial charge in [-0.3, -0.25) is 4.79 Å². The first-order chi connectivity index (χ1) is 16.3. The van der Waals surface area contributed by atoms with Crippen molar-refractivity contribution in [1.82, 2.24) is 4.90 Å². The van der Waals surface area contributed by atoms with E-state index in [4.69, 9.17) is 10.00 Å². The Morgan fingerprint density at radius 3 is 2.65 bits per heavy atom. The standard InChI is InChI=1S/C26H28F3N3O2/c1-2-34-18-25-10-11-31(22-9-8-20(14-30)23(13-22)26(27,28)29)15-21(25)16-32(17-25)24(33)12-19-6-4-3-5-7-19/h3-9,13,21H,2,10-12,15-18H2,1H3/t21-,25+/m1/s1. The van der Waals surface area contributed by atoms with Crippen molar-refractivity contribution in [2.45, 2.75) is 25.9 Å². The lowest BCUT2D eigenvalue weighted by molar-refractivity contribution is -0.137. The molecular weight excluding hydrogens is 443 g/mol. The first-order valence-electron chi connectivity index (χ1n) is 11.5. The van der Waals surface area contributed by atoms with Gasteiger partial charge in [-0.05, 0) is 37.1 Å². The summed E-state index contributed by atoms with van der Waals surface area (Å²) in [6.07, 6.45) is -3.55. The van der Waals surface area contributed by atoms with Crippen LogP contribution in [0.15, 0.2) is 48.5 Å². The Morgan fingerprint density at radius 2 is 1.97 bits per heavy atom. The van der Waals surface area contributed by atoms with Gasteiger partial charge in [-0.25, -0.2) is 0 Å². The van der Waals surface area contributed by atoms with E-state index in [1.807, 2.05) is 47.1 Å². The van der Waals surface area contributed by atoms with Gasteiger partial charge in [0.1, 0.15) is 0 Å². The van der Waals surface area contributed by atoms with Crippen LogP contribution in [0, 0.1) is 22.7 Å². The van der Waals surface area contributed by atoms with Crippen molar-refractivity contribution in [3.8, 4) is 6.07 Å². The number of rotatable bonds is 6. The van der Waals surface area contributed by atoms with E-state index in [9.17, 15) is 18.0 Å². The lowest BCUT2D eigenvalue weighted by atomic mass is 9.73. The van der Waals surface area contributed by atoms with Crippen molar-refractivity contribution < 1.29 is 22.7 Å². The number of nitrogens with zero attached hydrogens (tertiary/aromatic N) is 3. The molecule has 2 saturated heterocycles. The molecule has 0 radical (unpaired) electrons. The molecule has 2 aromatic rings. The summed E-state index contributed by atoms with van der Waals surface area (Å²) in [4.78, 5) is 16.9. The van der Waals surface area contributed by atoms with E-state index < -0.39 is 11.7 Å². The van der Waals surface area contributed by atoms with Crippen LogP contribution in [0.1, 0.15) is 30.0 Å². The van der Waals surface area contributed by atoms with Crippen LogP contribution in [0.25, 0.3) is 0 Å². The molecule has 0 N–H and O–H groups in total. The van der Waals surface area contributed by atoms with Crippen molar-refractivity contribution in [3.63, 3.8) is 0 Å². The van der Waals surface area contributed by atoms with Gasteiger partial charge < -0.3 is 14.5 Å². The van der Waals surface area contributed by atoms with Crippen molar-refractivity contribution in [1.29, 1.82) is 5.26 Å². The zero-order valence-electron chi connectivity index (χ0n) is 19.1. The van der Waals surface area contributed by atoms with Crippen LogP contribution in [0.4, 0.5) is 18.9 Å². The highest BCUT2D eigenvalue weighted by molar-refractivity contribution is 5.79. The molecule has 180 valence electrons. The molecule has 0 spiro atoms. The first-order valence-corrected chi connectivity index (χ1v) is 11.5. The van der Waals surface area contributed by atoms with E-state index in [0.29, 0.717) is 57.9 Å². The minimum absolute atomic E-state index is 0.0563. The highest BCUT2D eigenvalue weighted by atomic mass is 19.4. The Kier molecular flexibility index (Phi) is 6.85. The number of carbonyl (C=O) groups is 1. The number of anilines is 1. The smallest absolute Gasteiger partial charge is 0.381 e. The van der Waals surface area contributed by atoms with Gasteiger partial charge in [0, 0.05) is 49.8 Å². The molecule has 2 atom stereocenters. The first kappa shape index (κ1) is 24.1. The Labute approximate surface area is 197 Å². The lowest BCUT2D eigenvalue weighted by Gasteiger charge is -2.44. The molecule has 0 aromatic heterocycles. The van der Waals surface area contributed by atoms with Gasteiger partial charge in [-0.2, -0.15) is 18.4 Å². The second kappa shape index (κ2) is 9.67. The number of halogens is 3. The zero-order valence-corrected chi connectivity index (χ0v) is 19.1. The number of benzene rings is 2. The van der Waals surface area contributed by atoms with Gasteiger partial charge in [0.2, 0.25) is 5.91 Å². The summed E-state index contributed by atoms with van der Waals surface area (Å²) in [5.41, 5.74) is -0.0917. The highest BCUT2D eigenvalue weighted by Crippen LogP contribution is 2.45. The number of alkyl halides is 3.